The first kappa shape index (κ1) is 13.7. The lowest BCUT2D eigenvalue weighted by Crippen LogP contribution is -2.12. The smallest absolute Gasteiger partial charge is 0.164 e. The quantitative estimate of drug-likeness (QED) is 0.868. The van der Waals surface area contributed by atoms with Gasteiger partial charge in [0, 0.05) is 35.1 Å². The van der Waals surface area contributed by atoms with Gasteiger partial charge in [-0.15, -0.1) is 0 Å². The number of ketones is 1. The predicted molar refractivity (Wildman–Crippen MR) is 80.9 cm³/mol. The van der Waals surface area contributed by atoms with E-state index in [0.29, 0.717) is 17.9 Å². The Hall–Kier alpha value is -2.23. The van der Waals surface area contributed by atoms with Crippen LogP contribution in [0.25, 0.3) is 5.69 Å². The fraction of sp³-hybridized carbons (Fsp3) is 0.353. The SMILES string of the molecule is COc1ccc(-n2c(C)cc3c2CCCC3=O)cc1OC. The van der Waals surface area contributed by atoms with E-state index in [4.69, 9.17) is 9.47 Å². The molecule has 0 radical (unpaired) electrons. The number of fused-ring (bicyclic) bond motifs is 1. The normalized spacial score (nSPS) is 14.0. The summed E-state index contributed by atoms with van der Waals surface area (Å²) in [6.07, 6.45) is 2.51. The van der Waals surface area contributed by atoms with Crippen molar-refractivity contribution in [2.24, 2.45) is 0 Å². The lowest BCUT2D eigenvalue weighted by atomic mass is 9.96. The first-order chi connectivity index (χ1) is 10.2. The lowest BCUT2D eigenvalue weighted by molar-refractivity contribution is 0.0972. The molecule has 0 spiro atoms. The molecule has 1 aromatic carbocycles. The van der Waals surface area contributed by atoms with Crippen molar-refractivity contribution in [3.63, 3.8) is 0 Å². The zero-order chi connectivity index (χ0) is 15.0. The average molecular weight is 285 g/mol. The van der Waals surface area contributed by atoms with Crippen LogP contribution >= 0.6 is 0 Å². The molecule has 0 atom stereocenters. The van der Waals surface area contributed by atoms with Crippen LogP contribution in [0.2, 0.25) is 0 Å². The van der Waals surface area contributed by atoms with Gasteiger partial charge in [-0.3, -0.25) is 4.79 Å². The number of aromatic nitrogens is 1. The number of hydrogen-bond acceptors (Lipinski definition) is 3. The van der Waals surface area contributed by atoms with Gasteiger partial charge in [0.1, 0.15) is 0 Å². The van der Waals surface area contributed by atoms with Gasteiger partial charge in [0.25, 0.3) is 0 Å². The van der Waals surface area contributed by atoms with E-state index in [9.17, 15) is 4.79 Å². The molecular weight excluding hydrogens is 266 g/mol. The van der Waals surface area contributed by atoms with Crippen LogP contribution in [0.1, 0.15) is 34.6 Å². The van der Waals surface area contributed by atoms with Crippen LogP contribution in [0, 0.1) is 6.92 Å². The summed E-state index contributed by atoms with van der Waals surface area (Å²) in [5.74, 6) is 1.65. The molecule has 1 aliphatic rings. The van der Waals surface area contributed by atoms with Crippen molar-refractivity contribution < 1.29 is 14.3 Å². The number of ether oxygens (including phenoxy) is 2. The molecular formula is C17H19NO3. The third-order valence-electron chi connectivity index (χ3n) is 4.03. The standard InChI is InChI=1S/C17H19NO3/c1-11-9-13-14(5-4-6-15(13)19)18(11)12-7-8-16(20-2)17(10-12)21-3/h7-10H,4-6H2,1-3H3. The monoisotopic (exact) mass is 285 g/mol. The van der Waals surface area contributed by atoms with Crippen LogP contribution in [-0.2, 0) is 6.42 Å². The molecule has 1 aliphatic carbocycles. The van der Waals surface area contributed by atoms with Gasteiger partial charge in [-0.05, 0) is 38.0 Å². The number of benzene rings is 1. The van der Waals surface area contributed by atoms with Gasteiger partial charge in [0.05, 0.1) is 14.2 Å². The number of aryl methyl sites for hydroxylation is 1. The van der Waals surface area contributed by atoms with Crippen molar-refractivity contribution >= 4 is 5.78 Å². The summed E-state index contributed by atoms with van der Waals surface area (Å²) in [5.41, 5.74) is 4.05. The summed E-state index contributed by atoms with van der Waals surface area (Å²) < 4.78 is 12.8. The van der Waals surface area contributed by atoms with E-state index < -0.39 is 0 Å². The van der Waals surface area contributed by atoms with Gasteiger partial charge in [0.2, 0.25) is 0 Å². The number of carbonyl (C=O) groups excluding carboxylic acids is 1. The van der Waals surface area contributed by atoms with E-state index in [-0.39, 0.29) is 5.78 Å². The van der Waals surface area contributed by atoms with Crippen LogP contribution in [0.15, 0.2) is 24.3 Å². The summed E-state index contributed by atoms with van der Waals surface area (Å²) in [6, 6.07) is 7.83. The highest BCUT2D eigenvalue weighted by molar-refractivity contribution is 5.98. The number of carbonyl (C=O) groups is 1. The van der Waals surface area contributed by atoms with E-state index in [0.717, 1.165) is 35.5 Å². The van der Waals surface area contributed by atoms with Gasteiger partial charge in [-0.25, -0.2) is 0 Å². The molecule has 0 amide bonds. The second-order valence-corrected chi connectivity index (χ2v) is 5.30. The first-order valence-electron chi connectivity index (χ1n) is 7.12. The summed E-state index contributed by atoms with van der Waals surface area (Å²) >= 11 is 0. The minimum atomic E-state index is 0.249. The van der Waals surface area contributed by atoms with Crippen molar-refractivity contribution in [3.05, 3.63) is 41.2 Å². The van der Waals surface area contributed by atoms with Crippen molar-refractivity contribution in [2.45, 2.75) is 26.2 Å². The van der Waals surface area contributed by atoms with E-state index >= 15 is 0 Å². The summed E-state index contributed by atoms with van der Waals surface area (Å²) in [6.45, 7) is 2.03. The van der Waals surface area contributed by atoms with Crippen molar-refractivity contribution in [3.8, 4) is 17.2 Å². The minimum absolute atomic E-state index is 0.249. The molecule has 4 heteroatoms. The third kappa shape index (κ3) is 2.20. The Morgan fingerprint density at radius 2 is 1.81 bits per heavy atom. The molecule has 3 rings (SSSR count). The van der Waals surface area contributed by atoms with Crippen molar-refractivity contribution in [2.75, 3.05) is 14.2 Å². The van der Waals surface area contributed by atoms with Crippen LogP contribution in [-0.4, -0.2) is 24.6 Å². The molecule has 0 aliphatic heterocycles. The maximum absolute atomic E-state index is 12.0. The van der Waals surface area contributed by atoms with E-state index in [1.165, 1.54) is 0 Å². The molecule has 1 aromatic heterocycles. The molecule has 2 aromatic rings. The highest BCUT2D eigenvalue weighted by atomic mass is 16.5. The van der Waals surface area contributed by atoms with Crippen LogP contribution < -0.4 is 9.47 Å². The zero-order valence-corrected chi connectivity index (χ0v) is 12.6. The maximum Gasteiger partial charge on any atom is 0.164 e. The second-order valence-electron chi connectivity index (χ2n) is 5.30. The van der Waals surface area contributed by atoms with Crippen LogP contribution in [0.5, 0.6) is 11.5 Å². The molecule has 0 saturated carbocycles. The molecule has 1 heterocycles. The summed E-state index contributed by atoms with van der Waals surface area (Å²) in [5, 5.41) is 0. The topological polar surface area (TPSA) is 40.5 Å². The Labute approximate surface area is 124 Å². The molecule has 4 nitrogen and oxygen atoms in total. The van der Waals surface area contributed by atoms with Gasteiger partial charge < -0.3 is 14.0 Å². The molecule has 0 fully saturated rings. The Kier molecular flexibility index (Phi) is 3.45. The van der Waals surface area contributed by atoms with E-state index in [1.54, 1.807) is 14.2 Å². The Bertz CT molecular complexity index is 700. The van der Waals surface area contributed by atoms with E-state index in [2.05, 4.69) is 4.57 Å². The number of rotatable bonds is 3. The predicted octanol–water partition coefficient (Wildman–Crippen LogP) is 3.32. The largest absolute Gasteiger partial charge is 0.493 e. The first-order valence-corrected chi connectivity index (χ1v) is 7.12. The molecule has 0 saturated heterocycles. The zero-order valence-electron chi connectivity index (χ0n) is 12.6. The minimum Gasteiger partial charge on any atom is -0.493 e. The number of hydrogen-bond donors (Lipinski definition) is 0. The lowest BCUT2D eigenvalue weighted by Gasteiger charge is -2.17. The number of nitrogens with zero attached hydrogens (tertiary/aromatic N) is 1. The average Bonchev–Trinajstić information content (AvgIpc) is 2.84. The van der Waals surface area contributed by atoms with Crippen molar-refractivity contribution in [1.82, 2.24) is 4.57 Å². The highest BCUT2D eigenvalue weighted by Crippen LogP contribution is 2.33. The summed E-state index contributed by atoms with van der Waals surface area (Å²) in [7, 11) is 3.25. The Morgan fingerprint density at radius 1 is 1.05 bits per heavy atom. The molecule has 0 N–H and O–H groups in total. The van der Waals surface area contributed by atoms with Gasteiger partial charge in [-0.1, -0.05) is 0 Å². The molecule has 0 unspecified atom stereocenters. The van der Waals surface area contributed by atoms with Crippen LogP contribution in [0.3, 0.4) is 0 Å². The number of methoxy groups -OCH3 is 2. The van der Waals surface area contributed by atoms with Gasteiger partial charge >= 0.3 is 0 Å². The third-order valence-corrected chi connectivity index (χ3v) is 4.03. The fourth-order valence-corrected chi connectivity index (χ4v) is 3.05. The van der Waals surface area contributed by atoms with E-state index in [1.807, 2.05) is 31.2 Å². The summed E-state index contributed by atoms with van der Waals surface area (Å²) in [4.78, 5) is 12.0. The molecule has 0 bridgehead atoms. The van der Waals surface area contributed by atoms with Gasteiger partial charge in [0.15, 0.2) is 17.3 Å². The Morgan fingerprint density at radius 3 is 2.52 bits per heavy atom. The number of Topliss-reactive ketones (excluding diaryl/α,β-unsaturated/α-hetero) is 1. The second kappa shape index (κ2) is 5.28. The molecule has 21 heavy (non-hydrogen) atoms. The van der Waals surface area contributed by atoms with Gasteiger partial charge in [-0.2, -0.15) is 0 Å². The Balaban J connectivity index is 2.15. The van der Waals surface area contributed by atoms with Crippen molar-refractivity contribution in [1.29, 1.82) is 0 Å². The fourth-order valence-electron chi connectivity index (χ4n) is 3.05. The van der Waals surface area contributed by atoms with Crippen LogP contribution in [0.4, 0.5) is 0 Å². The maximum atomic E-state index is 12.0. The highest BCUT2D eigenvalue weighted by Gasteiger charge is 2.23. The molecule has 110 valence electrons.